The zero-order valence-electron chi connectivity index (χ0n) is 18.9. The van der Waals surface area contributed by atoms with Gasteiger partial charge in [0.25, 0.3) is 5.91 Å². The molecule has 3 aromatic rings. The van der Waals surface area contributed by atoms with Gasteiger partial charge in [-0.2, -0.15) is 0 Å². The molecule has 0 bridgehead atoms. The second kappa shape index (κ2) is 10.5. The summed E-state index contributed by atoms with van der Waals surface area (Å²) in [5.41, 5.74) is 1.55. The summed E-state index contributed by atoms with van der Waals surface area (Å²) in [6.45, 7) is 0. The summed E-state index contributed by atoms with van der Waals surface area (Å²) in [4.78, 5) is 38.7. The summed E-state index contributed by atoms with van der Waals surface area (Å²) in [5.74, 6) is -2.84. The molecule has 2 N–H and O–H groups in total. The highest BCUT2D eigenvalue weighted by atomic mass is 16.6. The molecule has 7 nitrogen and oxygen atoms in total. The number of methoxy groups -OCH3 is 1. The van der Waals surface area contributed by atoms with Gasteiger partial charge in [-0.25, -0.2) is 9.59 Å². The smallest absolute Gasteiger partial charge is 0.348 e. The minimum atomic E-state index is -1.01. The molecule has 0 spiro atoms. The lowest BCUT2D eigenvalue weighted by Crippen LogP contribution is -2.43. The molecule has 0 saturated heterocycles. The fourth-order valence-electron chi connectivity index (χ4n) is 3.82. The molecule has 0 saturated carbocycles. The van der Waals surface area contributed by atoms with Gasteiger partial charge < -0.3 is 19.9 Å². The highest BCUT2D eigenvalue weighted by Gasteiger charge is 2.36. The van der Waals surface area contributed by atoms with Crippen molar-refractivity contribution in [3.05, 3.63) is 119 Å². The number of aliphatic hydroxyl groups is 1. The minimum absolute atomic E-state index is 0.0457. The molecule has 0 aliphatic carbocycles. The molecule has 0 radical (unpaired) electrons. The van der Waals surface area contributed by atoms with Crippen LogP contribution < -0.4 is 5.32 Å². The predicted molar refractivity (Wildman–Crippen MR) is 130 cm³/mol. The van der Waals surface area contributed by atoms with Crippen LogP contribution >= 0.6 is 0 Å². The predicted octanol–water partition coefficient (Wildman–Crippen LogP) is 3.82. The van der Waals surface area contributed by atoms with E-state index in [9.17, 15) is 19.5 Å². The van der Waals surface area contributed by atoms with E-state index in [4.69, 9.17) is 9.47 Å². The second-order valence-electron chi connectivity index (χ2n) is 7.79. The van der Waals surface area contributed by atoms with Crippen LogP contribution in [0.25, 0.3) is 11.1 Å². The molecule has 176 valence electrons. The van der Waals surface area contributed by atoms with Crippen molar-refractivity contribution in [1.29, 1.82) is 0 Å². The van der Waals surface area contributed by atoms with Gasteiger partial charge in [0.15, 0.2) is 11.5 Å². The summed E-state index contributed by atoms with van der Waals surface area (Å²) in [6.07, 6.45) is 0.188. The van der Waals surface area contributed by atoms with Crippen LogP contribution in [0.4, 0.5) is 0 Å². The zero-order chi connectivity index (χ0) is 24.8. The van der Waals surface area contributed by atoms with Crippen molar-refractivity contribution in [3.63, 3.8) is 0 Å². The Morgan fingerprint density at radius 3 is 2.09 bits per heavy atom. The van der Waals surface area contributed by atoms with Gasteiger partial charge in [0.1, 0.15) is 11.6 Å². The largest absolute Gasteiger partial charge is 0.504 e. The first-order valence-corrected chi connectivity index (χ1v) is 10.9. The van der Waals surface area contributed by atoms with Gasteiger partial charge in [0.2, 0.25) is 0 Å². The van der Waals surface area contributed by atoms with E-state index < -0.39 is 29.6 Å². The number of carbonyl (C=O) groups is 3. The third kappa shape index (κ3) is 5.14. The van der Waals surface area contributed by atoms with Crippen molar-refractivity contribution < 1.29 is 29.0 Å². The number of aliphatic hydroxyl groups excluding tert-OH is 1. The molecule has 1 heterocycles. The Morgan fingerprint density at radius 2 is 1.49 bits per heavy atom. The average molecular weight is 469 g/mol. The van der Waals surface area contributed by atoms with E-state index in [1.165, 1.54) is 7.11 Å². The highest BCUT2D eigenvalue weighted by molar-refractivity contribution is 6.26. The van der Waals surface area contributed by atoms with Crippen molar-refractivity contribution in [2.75, 3.05) is 7.11 Å². The number of ether oxygens (including phenoxy) is 2. The van der Waals surface area contributed by atoms with Crippen molar-refractivity contribution in [2.24, 2.45) is 0 Å². The van der Waals surface area contributed by atoms with Gasteiger partial charge in [0.05, 0.1) is 12.7 Å². The molecule has 3 aromatic carbocycles. The van der Waals surface area contributed by atoms with E-state index >= 15 is 0 Å². The van der Waals surface area contributed by atoms with Gasteiger partial charge in [-0.15, -0.1) is 0 Å². The molecule has 1 unspecified atom stereocenters. The molecule has 7 heteroatoms. The number of hydrogen-bond acceptors (Lipinski definition) is 6. The first-order chi connectivity index (χ1) is 17.0. The summed E-state index contributed by atoms with van der Waals surface area (Å²) < 4.78 is 10.3. The second-order valence-corrected chi connectivity index (χ2v) is 7.79. The minimum Gasteiger partial charge on any atom is -0.504 e. The van der Waals surface area contributed by atoms with Crippen LogP contribution in [0, 0.1) is 0 Å². The van der Waals surface area contributed by atoms with Gasteiger partial charge in [-0.1, -0.05) is 91.0 Å². The Kier molecular flexibility index (Phi) is 7.07. The Labute approximate surface area is 202 Å². The number of nitrogens with one attached hydrogen (secondary N) is 1. The van der Waals surface area contributed by atoms with Gasteiger partial charge in [-0.3, -0.25) is 4.79 Å². The zero-order valence-corrected chi connectivity index (χ0v) is 18.9. The lowest BCUT2D eigenvalue weighted by molar-refractivity contribution is -0.144. The lowest BCUT2D eigenvalue weighted by Gasteiger charge is -2.19. The number of hydrogen-bond donors (Lipinski definition) is 2. The van der Waals surface area contributed by atoms with Crippen LogP contribution in [0.2, 0.25) is 0 Å². The molecule has 1 aliphatic heterocycles. The molecule has 35 heavy (non-hydrogen) atoms. The van der Waals surface area contributed by atoms with E-state index in [-0.39, 0.29) is 23.3 Å². The molecular formula is C28H23NO6. The average Bonchev–Trinajstić information content (AvgIpc) is 3.18. The third-order valence-corrected chi connectivity index (χ3v) is 5.50. The molecule has 1 aliphatic rings. The Balaban J connectivity index is 1.76. The van der Waals surface area contributed by atoms with E-state index in [1.807, 2.05) is 30.3 Å². The fourth-order valence-corrected chi connectivity index (χ4v) is 3.82. The van der Waals surface area contributed by atoms with Crippen LogP contribution in [-0.4, -0.2) is 36.1 Å². The first kappa shape index (κ1) is 23.5. The summed E-state index contributed by atoms with van der Waals surface area (Å²) in [7, 11) is 1.24. The number of amides is 1. The van der Waals surface area contributed by atoms with E-state index in [0.717, 1.165) is 5.56 Å². The number of benzene rings is 3. The summed E-state index contributed by atoms with van der Waals surface area (Å²) >= 11 is 0. The topological polar surface area (TPSA) is 102 Å². The monoisotopic (exact) mass is 469 g/mol. The van der Waals surface area contributed by atoms with Gasteiger partial charge in [-0.05, 0) is 16.7 Å². The van der Waals surface area contributed by atoms with Gasteiger partial charge in [0, 0.05) is 6.42 Å². The molecule has 0 fully saturated rings. The summed E-state index contributed by atoms with van der Waals surface area (Å²) in [5, 5.41) is 13.7. The molecule has 1 amide bonds. The van der Waals surface area contributed by atoms with E-state index in [2.05, 4.69) is 5.32 Å². The molecule has 0 aromatic heterocycles. The summed E-state index contributed by atoms with van der Waals surface area (Å²) in [6, 6.07) is 25.2. The van der Waals surface area contributed by atoms with Gasteiger partial charge >= 0.3 is 11.9 Å². The Hall–Kier alpha value is -4.65. The number of rotatable bonds is 7. The number of cyclic esters (lactones) is 1. The van der Waals surface area contributed by atoms with Crippen molar-refractivity contribution in [3.8, 4) is 0 Å². The molecule has 1 atom stereocenters. The van der Waals surface area contributed by atoms with Crippen LogP contribution in [-0.2, 0) is 30.3 Å². The van der Waals surface area contributed by atoms with Crippen molar-refractivity contribution >= 4 is 29.0 Å². The Bertz CT molecular complexity index is 1300. The van der Waals surface area contributed by atoms with Crippen LogP contribution in [0.15, 0.2) is 103 Å². The lowest BCUT2D eigenvalue weighted by atomic mass is 9.99. The van der Waals surface area contributed by atoms with E-state index in [0.29, 0.717) is 11.1 Å². The van der Waals surface area contributed by atoms with Crippen molar-refractivity contribution in [2.45, 2.75) is 12.5 Å². The first-order valence-electron chi connectivity index (χ1n) is 10.9. The highest BCUT2D eigenvalue weighted by Crippen LogP contribution is 2.36. The maximum absolute atomic E-state index is 13.5. The third-order valence-electron chi connectivity index (χ3n) is 5.50. The quantitative estimate of drug-likeness (QED) is 0.403. The number of esters is 2. The van der Waals surface area contributed by atoms with Crippen molar-refractivity contribution in [1.82, 2.24) is 5.32 Å². The number of carbonyl (C=O) groups excluding carboxylic acids is 3. The van der Waals surface area contributed by atoms with Crippen LogP contribution in [0.5, 0.6) is 0 Å². The van der Waals surface area contributed by atoms with Crippen LogP contribution in [0.3, 0.4) is 0 Å². The Morgan fingerprint density at radius 1 is 0.914 bits per heavy atom. The van der Waals surface area contributed by atoms with Crippen LogP contribution in [0.1, 0.15) is 16.7 Å². The molecule has 4 rings (SSSR count). The molecular weight excluding hydrogens is 446 g/mol. The SMILES string of the molecule is COC(=O)C(Cc1ccccc1)NC(=O)C(=C1OC(=O)C(c2ccccc2)=C1O)c1ccccc1. The standard InChI is InChI=1S/C28H23NO6/c1-34-27(32)21(17-18-11-5-2-6-12-18)29-26(31)23(20-15-9-4-10-16-20)25-24(30)22(28(33)35-25)19-13-7-3-8-14-19/h2-16,21,30H,17H2,1H3,(H,29,31). The normalized spacial score (nSPS) is 15.3. The van der Waals surface area contributed by atoms with E-state index in [1.54, 1.807) is 60.7 Å². The maximum Gasteiger partial charge on any atom is 0.348 e. The maximum atomic E-state index is 13.5. The fraction of sp³-hybridized carbons (Fsp3) is 0.107.